The Hall–Kier alpha value is -1.66. The van der Waals surface area contributed by atoms with E-state index in [1.807, 2.05) is 30.5 Å². The zero-order valence-electron chi connectivity index (χ0n) is 14.5. The van der Waals surface area contributed by atoms with Gasteiger partial charge in [0.05, 0.1) is 10.8 Å². The van der Waals surface area contributed by atoms with E-state index in [0.717, 1.165) is 43.3 Å². The van der Waals surface area contributed by atoms with Crippen LogP contribution in [-0.2, 0) is 10.0 Å². The minimum Gasteiger partial charge on any atom is -0.371 e. The number of pyridine rings is 1. The molecule has 0 radical (unpaired) electrons. The molecule has 0 saturated carbocycles. The molecule has 2 aliphatic heterocycles. The van der Waals surface area contributed by atoms with Crippen molar-refractivity contribution >= 4 is 26.6 Å². The van der Waals surface area contributed by atoms with Gasteiger partial charge in [-0.1, -0.05) is 24.6 Å². The van der Waals surface area contributed by atoms with Gasteiger partial charge in [0.25, 0.3) is 0 Å². The lowest BCUT2D eigenvalue weighted by Gasteiger charge is -2.37. The second kappa shape index (κ2) is 6.92. The molecule has 0 spiro atoms. The molecule has 0 atom stereocenters. The molecule has 0 N–H and O–H groups in total. The fraction of sp³-hybridized carbons (Fsp3) is 0.526. The summed E-state index contributed by atoms with van der Waals surface area (Å²) in [5, 5.41) is 0.914. The number of benzene rings is 1. The molecule has 0 bridgehead atoms. The van der Waals surface area contributed by atoms with Crippen LogP contribution in [-0.4, -0.2) is 49.1 Å². The lowest BCUT2D eigenvalue weighted by atomic mass is 10.1. The number of anilines is 1. The van der Waals surface area contributed by atoms with E-state index in [4.69, 9.17) is 0 Å². The number of aromatic nitrogens is 1. The third-order valence-corrected chi connectivity index (χ3v) is 7.90. The molecule has 0 unspecified atom stereocenters. The number of fused-ring (bicyclic) bond motifs is 1. The van der Waals surface area contributed by atoms with E-state index in [2.05, 4.69) is 16.0 Å². The van der Waals surface area contributed by atoms with Crippen molar-refractivity contribution in [2.24, 2.45) is 0 Å². The number of rotatable bonds is 3. The van der Waals surface area contributed by atoms with E-state index < -0.39 is 10.0 Å². The Morgan fingerprint density at radius 1 is 0.920 bits per heavy atom. The normalized spacial score (nSPS) is 20.9. The largest absolute Gasteiger partial charge is 0.371 e. The van der Waals surface area contributed by atoms with Crippen molar-refractivity contribution < 1.29 is 8.42 Å². The van der Waals surface area contributed by atoms with Crippen molar-refractivity contribution in [2.45, 2.75) is 37.4 Å². The summed E-state index contributed by atoms with van der Waals surface area (Å²) < 4.78 is 27.5. The summed E-state index contributed by atoms with van der Waals surface area (Å²) in [4.78, 5) is 6.73. The Morgan fingerprint density at radius 2 is 1.64 bits per heavy atom. The molecule has 134 valence electrons. The monoisotopic (exact) mass is 359 g/mol. The van der Waals surface area contributed by atoms with Gasteiger partial charge in [-0.2, -0.15) is 0 Å². The van der Waals surface area contributed by atoms with Crippen LogP contribution >= 0.6 is 0 Å². The molecule has 0 amide bonds. The average Bonchev–Trinajstić information content (AvgIpc) is 2.68. The first-order valence-electron chi connectivity index (χ1n) is 9.24. The van der Waals surface area contributed by atoms with Gasteiger partial charge >= 0.3 is 0 Å². The molecule has 6 heteroatoms. The topological polar surface area (TPSA) is 53.5 Å². The quantitative estimate of drug-likeness (QED) is 0.845. The first-order valence-corrected chi connectivity index (χ1v) is 10.7. The summed E-state index contributed by atoms with van der Waals surface area (Å²) in [7, 11) is -3.14. The van der Waals surface area contributed by atoms with Crippen LogP contribution in [0, 0.1) is 0 Å². The van der Waals surface area contributed by atoms with E-state index in [1.54, 1.807) is 4.31 Å². The van der Waals surface area contributed by atoms with Crippen molar-refractivity contribution in [1.82, 2.24) is 9.29 Å². The third kappa shape index (κ3) is 3.25. The molecular weight excluding hydrogens is 334 g/mol. The molecule has 5 nitrogen and oxygen atoms in total. The minimum absolute atomic E-state index is 0.227. The van der Waals surface area contributed by atoms with Gasteiger partial charge in [-0.05, 0) is 37.8 Å². The van der Waals surface area contributed by atoms with E-state index in [0.29, 0.717) is 25.9 Å². The predicted octanol–water partition coefficient (Wildman–Crippen LogP) is 3.02. The minimum atomic E-state index is -3.14. The van der Waals surface area contributed by atoms with Crippen LogP contribution in [0.5, 0.6) is 0 Å². The smallest absolute Gasteiger partial charge is 0.217 e. The second-order valence-electron chi connectivity index (χ2n) is 7.04. The maximum atomic E-state index is 12.9. The summed E-state index contributed by atoms with van der Waals surface area (Å²) in [6, 6.07) is 10.2. The number of piperidine rings is 2. The highest BCUT2D eigenvalue weighted by Gasteiger charge is 2.35. The van der Waals surface area contributed by atoms with Crippen molar-refractivity contribution in [3.05, 3.63) is 36.5 Å². The van der Waals surface area contributed by atoms with Gasteiger partial charge in [-0.3, -0.25) is 4.98 Å². The second-order valence-corrected chi connectivity index (χ2v) is 9.25. The fourth-order valence-corrected chi connectivity index (χ4v) is 6.08. The average molecular weight is 359 g/mol. The van der Waals surface area contributed by atoms with Crippen molar-refractivity contribution in [1.29, 1.82) is 0 Å². The zero-order valence-corrected chi connectivity index (χ0v) is 15.3. The summed E-state index contributed by atoms with van der Waals surface area (Å²) in [6.45, 7) is 2.98. The molecule has 2 aromatic rings. The van der Waals surface area contributed by atoms with Gasteiger partial charge < -0.3 is 4.90 Å². The van der Waals surface area contributed by atoms with Gasteiger partial charge in [0.1, 0.15) is 0 Å². The zero-order chi connectivity index (χ0) is 17.3. The lowest BCUT2D eigenvalue weighted by molar-refractivity contribution is 0.338. The number of hydrogen-bond acceptors (Lipinski definition) is 4. The van der Waals surface area contributed by atoms with Gasteiger partial charge in [0.2, 0.25) is 10.0 Å². The van der Waals surface area contributed by atoms with Crippen molar-refractivity contribution in [3.8, 4) is 0 Å². The summed E-state index contributed by atoms with van der Waals surface area (Å²) >= 11 is 0. The first kappa shape index (κ1) is 16.8. The Kier molecular flexibility index (Phi) is 4.65. The molecule has 0 aliphatic carbocycles. The van der Waals surface area contributed by atoms with Crippen LogP contribution < -0.4 is 4.90 Å². The van der Waals surface area contributed by atoms with Crippen LogP contribution in [0.25, 0.3) is 10.9 Å². The molecule has 4 rings (SSSR count). The van der Waals surface area contributed by atoms with Crippen molar-refractivity contribution in [3.63, 3.8) is 0 Å². The maximum absolute atomic E-state index is 12.9. The summed E-state index contributed by atoms with van der Waals surface area (Å²) in [6.07, 6.45) is 6.40. The van der Waals surface area contributed by atoms with Gasteiger partial charge in [-0.15, -0.1) is 0 Å². The van der Waals surface area contributed by atoms with E-state index in [-0.39, 0.29) is 5.25 Å². The van der Waals surface area contributed by atoms with Crippen LogP contribution in [0.4, 0.5) is 5.69 Å². The highest BCUT2D eigenvalue weighted by atomic mass is 32.2. The van der Waals surface area contributed by atoms with Crippen molar-refractivity contribution in [2.75, 3.05) is 31.1 Å². The van der Waals surface area contributed by atoms with E-state index in [9.17, 15) is 8.42 Å². The number of nitrogens with zero attached hydrogens (tertiary/aromatic N) is 3. The lowest BCUT2D eigenvalue weighted by Crippen LogP contribution is -2.46. The number of hydrogen-bond donors (Lipinski definition) is 0. The Balaban J connectivity index is 1.49. The Labute approximate surface area is 149 Å². The third-order valence-electron chi connectivity index (χ3n) is 5.50. The molecule has 1 aromatic carbocycles. The van der Waals surface area contributed by atoms with Crippen LogP contribution in [0.15, 0.2) is 36.5 Å². The molecular formula is C19H25N3O2S. The fourth-order valence-electron chi connectivity index (χ4n) is 4.08. The van der Waals surface area contributed by atoms with E-state index in [1.165, 1.54) is 5.69 Å². The number of sulfonamides is 1. The molecule has 25 heavy (non-hydrogen) atoms. The Bertz CT molecular complexity index is 833. The first-order chi connectivity index (χ1) is 12.2. The molecule has 2 aliphatic rings. The van der Waals surface area contributed by atoms with Crippen LogP contribution in [0.2, 0.25) is 0 Å². The van der Waals surface area contributed by atoms with Gasteiger partial charge in [0, 0.05) is 43.4 Å². The van der Waals surface area contributed by atoms with E-state index >= 15 is 0 Å². The summed E-state index contributed by atoms with van der Waals surface area (Å²) in [5.74, 6) is 0. The maximum Gasteiger partial charge on any atom is 0.217 e. The molecule has 3 heterocycles. The van der Waals surface area contributed by atoms with Gasteiger partial charge in [0.15, 0.2) is 0 Å². The number of para-hydroxylation sites is 1. The van der Waals surface area contributed by atoms with Crippen LogP contribution in [0.3, 0.4) is 0 Å². The standard InChI is InChI=1S/C19H25N3O2S/c23-25(24,22-12-4-1-5-13-22)16-9-14-21(15-10-16)19-8-11-20-18-7-3-2-6-17(18)19/h2-3,6-8,11,16H,1,4-5,9-10,12-15H2. The highest BCUT2D eigenvalue weighted by Crippen LogP contribution is 2.30. The molecule has 2 saturated heterocycles. The highest BCUT2D eigenvalue weighted by molar-refractivity contribution is 7.89. The van der Waals surface area contributed by atoms with Crippen LogP contribution in [0.1, 0.15) is 32.1 Å². The SMILES string of the molecule is O=S(=O)(C1CCN(c2ccnc3ccccc23)CC1)N1CCCCC1. The Morgan fingerprint density at radius 3 is 2.40 bits per heavy atom. The molecule has 1 aromatic heterocycles. The molecule has 2 fully saturated rings. The van der Waals surface area contributed by atoms with Gasteiger partial charge in [-0.25, -0.2) is 12.7 Å². The summed E-state index contributed by atoms with van der Waals surface area (Å²) in [5.41, 5.74) is 2.16. The predicted molar refractivity (Wildman–Crippen MR) is 101 cm³/mol.